The van der Waals surface area contributed by atoms with Crippen LogP contribution < -0.4 is 11.5 Å². The van der Waals surface area contributed by atoms with E-state index in [1.165, 1.54) is 12.1 Å². The molecule has 0 aromatic heterocycles. The Balaban J connectivity index is 3.27. The maximum Gasteiger partial charge on any atom is 0.149 e. The summed E-state index contributed by atoms with van der Waals surface area (Å²) in [4.78, 5) is 0. The summed E-state index contributed by atoms with van der Waals surface area (Å²) in [6, 6.07) is 2.26. The van der Waals surface area contributed by atoms with Gasteiger partial charge in [-0.05, 0) is 13.0 Å². The standard InChI is InChI=1S/C8H11FN2O/c1-4(10)5-2-3-6(9)7(11)8(5)12/h2-4,12H,10-11H2,1H3/t4-/m1/s1. The highest BCUT2D eigenvalue weighted by atomic mass is 19.1. The second kappa shape index (κ2) is 2.98. The third-order valence-electron chi connectivity index (χ3n) is 1.69. The number of anilines is 1. The lowest BCUT2D eigenvalue weighted by atomic mass is 10.1. The molecule has 3 nitrogen and oxygen atoms in total. The van der Waals surface area contributed by atoms with Crippen molar-refractivity contribution < 1.29 is 9.50 Å². The van der Waals surface area contributed by atoms with Gasteiger partial charge in [-0.3, -0.25) is 0 Å². The maximum atomic E-state index is 12.7. The lowest BCUT2D eigenvalue weighted by Crippen LogP contribution is -2.06. The summed E-state index contributed by atoms with van der Waals surface area (Å²) < 4.78 is 12.7. The van der Waals surface area contributed by atoms with Crippen molar-refractivity contribution in [2.24, 2.45) is 5.73 Å². The first kappa shape index (κ1) is 8.80. The lowest BCUT2D eigenvalue weighted by Gasteiger charge is -2.10. The highest BCUT2D eigenvalue weighted by molar-refractivity contribution is 5.57. The van der Waals surface area contributed by atoms with Crippen molar-refractivity contribution in [1.82, 2.24) is 0 Å². The fourth-order valence-electron chi connectivity index (χ4n) is 0.968. The minimum absolute atomic E-state index is 0.246. The van der Waals surface area contributed by atoms with Crippen molar-refractivity contribution in [2.45, 2.75) is 13.0 Å². The number of hydrogen-bond acceptors (Lipinski definition) is 3. The van der Waals surface area contributed by atoms with Gasteiger partial charge in [0.15, 0.2) is 0 Å². The molecule has 66 valence electrons. The van der Waals surface area contributed by atoms with Gasteiger partial charge in [0.1, 0.15) is 17.3 Å². The Labute approximate surface area is 69.8 Å². The van der Waals surface area contributed by atoms with E-state index in [0.29, 0.717) is 5.56 Å². The molecule has 0 heterocycles. The minimum atomic E-state index is -0.628. The van der Waals surface area contributed by atoms with Crippen molar-refractivity contribution in [3.05, 3.63) is 23.5 Å². The molecule has 4 heteroatoms. The average Bonchev–Trinajstić information content (AvgIpc) is 2.00. The van der Waals surface area contributed by atoms with Crippen molar-refractivity contribution in [1.29, 1.82) is 0 Å². The van der Waals surface area contributed by atoms with E-state index in [1.54, 1.807) is 6.92 Å². The molecular formula is C8H11FN2O. The van der Waals surface area contributed by atoms with Gasteiger partial charge in [-0.15, -0.1) is 0 Å². The van der Waals surface area contributed by atoms with E-state index in [2.05, 4.69) is 0 Å². The van der Waals surface area contributed by atoms with Crippen LogP contribution in [0.3, 0.4) is 0 Å². The van der Waals surface area contributed by atoms with Crippen LogP contribution in [0.15, 0.2) is 12.1 Å². The molecule has 0 aliphatic heterocycles. The van der Waals surface area contributed by atoms with Crippen molar-refractivity contribution in [3.63, 3.8) is 0 Å². The van der Waals surface area contributed by atoms with Gasteiger partial charge < -0.3 is 16.6 Å². The van der Waals surface area contributed by atoms with E-state index >= 15 is 0 Å². The zero-order chi connectivity index (χ0) is 9.30. The summed E-state index contributed by atoms with van der Waals surface area (Å²) in [7, 11) is 0. The molecule has 5 N–H and O–H groups in total. The molecule has 0 unspecified atom stereocenters. The number of nitrogens with two attached hydrogens (primary N) is 2. The molecule has 0 fully saturated rings. The average molecular weight is 170 g/mol. The minimum Gasteiger partial charge on any atom is -0.505 e. The Kier molecular flexibility index (Phi) is 2.19. The van der Waals surface area contributed by atoms with Gasteiger partial charge >= 0.3 is 0 Å². The number of nitrogen functional groups attached to an aromatic ring is 1. The Morgan fingerprint density at radius 1 is 1.50 bits per heavy atom. The fourth-order valence-corrected chi connectivity index (χ4v) is 0.968. The van der Waals surface area contributed by atoms with Gasteiger partial charge in [0.25, 0.3) is 0 Å². The van der Waals surface area contributed by atoms with Gasteiger partial charge in [-0.25, -0.2) is 4.39 Å². The first-order chi connectivity index (χ1) is 5.54. The number of phenols is 1. The van der Waals surface area contributed by atoms with E-state index in [-0.39, 0.29) is 17.5 Å². The molecule has 0 amide bonds. The Hall–Kier alpha value is -1.29. The Bertz CT molecular complexity index is 299. The van der Waals surface area contributed by atoms with Crippen LogP contribution in [0.4, 0.5) is 10.1 Å². The van der Waals surface area contributed by atoms with Crippen molar-refractivity contribution >= 4 is 5.69 Å². The summed E-state index contributed by atoms with van der Waals surface area (Å²) in [6.45, 7) is 1.69. The molecule has 1 aromatic carbocycles. The second-order valence-electron chi connectivity index (χ2n) is 2.69. The molecule has 1 rings (SSSR count). The normalized spacial score (nSPS) is 12.9. The van der Waals surface area contributed by atoms with Crippen LogP contribution in [0.25, 0.3) is 0 Å². The van der Waals surface area contributed by atoms with Crippen LogP contribution >= 0.6 is 0 Å². The van der Waals surface area contributed by atoms with Crippen LogP contribution in [0.2, 0.25) is 0 Å². The number of hydrogen-bond donors (Lipinski definition) is 3. The third-order valence-corrected chi connectivity index (χ3v) is 1.69. The molecule has 0 aliphatic carbocycles. The Morgan fingerprint density at radius 3 is 2.58 bits per heavy atom. The molecule has 1 aromatic rings. The number of benzene rings is 1. The summed E-state index contributed by atoms with van der Waals surface area (Å²) >= 11 is 0. The first-order valence-corrected chi connectivity index (χ1v) is 3.56. The quantitative estimate of drug-likeness (QED) is 0.437. The maximum absolute atomic E-state index is 12.7. The zero-order valence-corrected chi connectivity index (χ0v) is 6.71. The van der Waals surface area contributed by atoms with Crippen LogP contribution in [0, 0.1) is 5.82 Å². The van der Waals surface area contributed by atoms with E-state index < -0.39 is 5.82 Å². The molecule has 1 atom stereocenters. The fraction of sp³-hybridized carbons (Fsp3) is 0.250. The number of aromatic hydroxyl groups is 1. The number of phenolic OH excluding ortho intramolecular Hbond substituents is 1. The Morgan fingerprint density at radius 2 is 2.08 bits per heavy atom. The van der Waals surface area contributed by atoms with Crippen LogP contribution in [0.5, 0.6) is 5.75 Å². The molecular weight excluding hydrogens is 159 g/mol. The topological polar surface area (TPSA) is 72.3 Å². The summed E-state index contributed by atoms with van der Waals surface area (Å²) in [5.41, 5.74) is 10.9. The molecule has 0 saturated heterocycles. The zero-order valence-electron chi connectivity index (χ0n) is 6.71. The number of rotatable bonds is 1. The highest BCUT2D eigenvalue weighted by Crippen LogP contribution is 2.30. The third kappa shape index (κ3) is 1.33. The molecule has 0 saturated carbocycles. The lowest BCUT2D eigenvalue weighted by molar-refractivity contribution is 0.461. The smallest absolute Gasteiger partial charge is 0.149 e. The van der Waals surface area contributed by atoms with Gasteiger partial charge in [-0.1, -0.05) is 6.07 Å². The largest absolute Gasteiger partial charge is 0.505 e. The van der Waals surface area contributed by atoms with E-state index in [4.69, 9.17) is 11.5 Å². The first-order valence-electron chi connectivity index (χ1n) is 3.56. The predicted octanol–water partition coefficient (Wildman–Crippen LogP) is 1.13. The second-order valence-corrected chi connectivity index (χ2v) is 2.69. The predicted molar refractivity (Wildman–Crippen MR) is 45.1 cm³/mol. The van der Waals surface area contributed by atoms with E-state index in [1.807, 2.05) is 0 Å². The molecule has 0 aliphatic rings. The highest BCUT2D eigenvalue weighted by Gasteiger charge is 2.11. The van der Waals surface area contributed by atoms with Crippen molar-refractivity contribution in [2.75, 3.05) is 5.73 Å². The molecule has 0 radical (unpaired) electrons. The van der Waals surface area contributed by atoms with Gasteiger partial charge in [0, 0.05) is 11.6 Å². The van der Waals surface area contributed by atoms with E-state index in [9.17, 15) is 9.50 Å². The summed E-state index contributed by atoms with van der Waals surface area (Å²) in [6.07, 6.45) is 0. The van der Waals surface area contributed by atoms with Crippen LogP contribution in [0.1, 0.15) is 18.5 Å². The van der Waals surface area contributed by atoms with E-state index in [0.717, 1.165) is 0 Å². The van der Waals surface area contributed by atoms with Crippen LogP contribution in [-0.2, 0) is 0 Å². The SMILES string of the molecule is C[C@@H](N)c1ccc(F)c(N)c1O. The monoisotopic (exact) mass is 170 g/mol. The number of halogens is 1. The summed E-state index contributed by atoms with van der Waals surface area (Å²) in [5.74, 6) is -0.887. The molecule has 0 bridgehead atoms. The summed E-state index contributed by atoms with van der Waals surface area (Å²) in [5, 5.41) is 9.30. The van der Waals surface area contributed by atoms with Crippen LogP contribution in [-0.4, -0.2) is 5.11 Å². The molecule has 0 spiro atoms. The van der Waals surface area contributed by atoms with Crippen molar-refractivity contribution in [3.8, 4) is 5.75 Å². The van der Waals surface area contributed by atoms with Gasteiger partial charge in [0.05, 0.1) is 0 Å². The van der Waals surface area contributed by atoms with Gasteiger partial charge in [0.2, 0.25) is 0 Å². The van der Waals surface area contributed by atoms with Gasteiger partial charge in [-0.2, -0.15) is 0 Å². The molecule has 12 heavy (non-hydrogen) atoms.